The summed E-state index contributed by atoms with van der Waals surface area (Å²) in [5.74, 6) is -0.690. The standard InChI is InChI=1S/C39H64O7Si/c1-12-47(13-2,14-3)46-34(24-23-33-20-16-15-17-21-33)32(8)38(41)35(43-9)22-18-19-28(4)25-30(6)37(40)31(7)26-29(5)27-36(44-10)39(42)45-11/h15-22,26-27,30-32,34-35,37-38,40-41H,12-14,23-25H2,1-11H3/b22-18+,28-19+,29-26+,36-27-/t30-,31+,32-,34+,35-,37-,38+/m0/s1. The maximum atomic E-state index is 11.8. The second-order valence-electron chi connectivity index (χ2n) is 13.0. The summed E-state index contributed by atoms with van der Waals surface area (Å²) >= 11 is 0. The average molecular weight is 673 g/mol. The van der Waals surface area contributed by atoms with Crippen LogP contribution in [0.3, 0.4) is 0 Å². The molecule has 0 spiro atoms. The number of esters is 1. The third-order valence-corrected chi connectivity index (χ3v) is 14.2. The van der Waals surface area contributed by atoms with Gasteiger partial charge >= 0.3 is 5.97 Å². The Balaban J connectivity index is 2.99. The summed E-state index contributed by atoms with van der Waals surface area (Å²) in [5, 5.41) is 22.6. The molecule has 0 bridgehead atoms. The van der Waals surface area contributed by atoms with Gasteiger partial charge in [0, 0.05) is 18.9 Å². The minimum Gasteiger partial charge on any atom is -0.490 e. The third kappa shape index (κ3) is 14.3. The van der Waals surface area contributed by atoms with Crippen molar-refractivity contribution in [1.82, 2.24) is 0 Å². The van der Waals surface area contributed by atoms with E-state index in [1.807, 2.05) is 58.1 Å². The lowest BCUT2D eigenvalue weighted by Gasteiger charge is -2.38. The predicted octanol–water partition coefficient (Wildman–Crippen LogP) is 8.20. The zero-order valence-corrected chi connectivity index (χ0v) is 32.0. The summed E-state index contributed by atoms with van der Waals surface area (Å²) in [5.41, 5.74) is 3.19. The van der Waals surface area contributed by atoms with E-state index in [0.717, 1.165) is 42.1 Å². The molecule has 47 heavy (non-hydrogen) atoms. The van der Waals surface area contributed by atoms with E-state index in [9.17, 15) is 15.0 Å². The van der Waals surface area contributed by atoms with Crippen LogP contribution in [0.15, 0.2) is 77.6 Å². The molecule has 7 nitrogen and oxygen atoms in total. The van der Waals surface area contributed by atoms with E-state index in [0.29, 0.717) is 6.42 Å². The van der Waals surface area contributed by atoms with E-state index in [1.165, 1.54) is 19.8 Å². The van der Waals surface area contributed by atoms with Crippen LogP contribution in [0.2, 0.25) is 18.1 Å². The monoisotopic (exact) mass is 672 g/mol. The highest BCUT2D eigenvalue weighted by Crippen LogP contribution is 2.30. The first-order valence-corrected chi connectivity index (χ1v) is 19.8. The van der Waals surface area contributed by atoms with Crippen LogP contribution >= 0.6 is 0 Å². The van der Waals surface area contributed by atoms with Gasteiger partial charge in [-0.25, -0.2) is 4.79 Å². The second-order valence-corrected chi connectivity index (χ2v) is 17.7. The van der Waals surface area contributed by atoms with E-state index in [-0.39, 0.29) is 29.6 Å². The van der Waals surface area contributed by atoms with Crippen molar-refractivity contribution in [2.75, 3.05) is 21.3 Å². The molecule has 0 aliphatic rings. The van der Waals surface area contributed by atoms with Gasteiger partial charge in [0.05, 0.1) is 32.5 Å². The molecule has 0 aliphatic carbocycles. The highest BCUT2D eigenvalue weighted by molar-refractivity contribution is 6.73. The fourth-order valence-corrected chi connectivity index (χ4v) is 9.14. The summed E-state index contributed by atoms with van der Waals surface area (Å²) in [6.07, 6.45) is 10.0. The van der Waals surface area contributed by atoms with Crippen LogP contribution < -0.4 is 0 Å². The molecule has 1 rings (SSSR count). The third-order valence-electron chi connectivity index (χ3n) is 9.57. The lowest BCUT2D eigenvalue weighted by atomic mass is 9.87. The van der Waals surface area contributed by atoms with Gasteiger partial charge in [-0.3, -0.25) is 0 Å². The van der Waals surface area contributed by atoms with Crippen molar-refractivity contribution >= 4 is 14.3 Å². The lowest BCUT2D eigenvalue weighted by Crippen LogP contribution is -2.46. The molecule has 0 aliphatic heterocycles. The molecule has 0 unspecified atom stereocenters. The quantitative estimate of drug-likeness (QED) is 0.0422. The second kappa shape index (κ2) is 22.2. The number of ether oxygens (including phenoxy) is 3. The smallest absolute Gasteiger partial charge is 0.373 e. The Kier molecular flexibility index (Phi) is 20.1. The molecule has 266 valence electrons. The number of hydrogen-bond acceptors (Lipinski definition) is 7. The number of allylic oxidation sites excluding steroid dienone is 5. The van der Waals surface area contributed by atoms with Crippen LogP contribution in [0.25, 0.3) is 0 Å². The van der Waals surface area contributed by atoms with E-state index < -0.39 is 32.6 Å². The maximum Gasteiger partial charge on any atom is 0.373 e. The average Bonchev–Trinajstić information content (AvgIpc) is 3.08. The fraction of sp³-hybridized carbons (Fsp3) is 0.615. The molecule has 0 aromatic heterocycles. The zero-order valence-electron chi connectivity index (χ0n) is 31.0. The van der Waals surface area contributed by atoms with Gasteiger partial charge in [0.1, 0.15) is 6.10 Å². The summed E-state index contributed by atoms with van der Waals surface area (Å²) in [4.78, 5) is 11.8. The first kappa shape index (κ1) is 42.5. The molecular formula is C39H64O7Si. The molecule has 0 saturated carbocycles. The molecular weight excluding hydrogens is 609 g/mol. The zero-order chi connectivity index (χ0) is 35.6. The summed E-state index contributed by atoms with van der Waals surface area (Å²) in [7, 11) is 2.46. The molecule has 7 atom stereocenters. The van der Waals surface area contributed by atoms with E-state index in [2.05, 4.69) is 52.0 Å². The molecule has 0 heterocycles. The SMILES string of the molecule is CC[Si](CC)(CC)O[C@H](CCc1ccccc1)[C@H](C)[C@@H](O)[C@H](/C=C/C=C(\C)C[C@H](C)[C@H](O)[C@H](C)/C=C(C)/C=C(\OC)C(=O)OC)OC. The number of methoxy groups -OCH3 is 3. The van der Waals surface area contributed by atoms with Gasteiger partial charge in [0.15, 0.2) is 8.32 Å². The van der Waals surface area contributed by atoms with Gasteiger partial charge < -0.3 is 28.8 Å². The minimum absolute atomic E-state index is 0.00308. The summed E-state index contributed by atoms with van der Waals surface area (Å²) in [6, 6.07) is 13.7. The van der Waals surface area contributed by atoms with Crippen LogP contribution in [0, 0.1) is 17.8 Å². The van der Waals surface area contributed by atoms with Crippen molar-refractivity contribution in [3.8, 4) is 0 Å². The van der Waals surface area contributed by atoms with Crippen LogP contribution in [0.4, 0.5) is 0 Å². The molecule has 0 fully saturated rings. The summed E-state index contributed by atoms with van der Waals surface area (Å²) in [6.45, 7) is 16.7. The number of carbonyl (C=O) groups is 1. The molecule has 0 radical (unpaired) electrons. The van der Waals surface area contributed by atoms with Crippen molar-refractivity contribution < 1.29 is 33.6 Å². The van der Waals surface area contributed by atoms with Gasteiger partial charge in [-0.15, -0.1) is 0 Å². The van der Waals surface area contributed by atoms with Crippen LogP contribution in [-0.2, 0) is 29.9 Å². The topological polar surface area (TPSA) is 94.5 Å². The molecule has 2 N–H and O–H groups in total. The number of aliphatic hydroxyl groups is 2. The Morgan fingerprint density at radius 2 is 1.53 bits per heavy atom. The highest BCUT2D eigenvalue weighted by Gasteiger charge is 2.37. The van der Waals surface area contributed by atoms with Crippen LogP contribution in [-0.4, -0.2) is 70.2 Å². The molecule has 0 amide bonds. The van der Waals surface area contributed by atoms with E-state index >= 15 is 0 Å². The summed E-state index contributed by atoms with van der Waals surface area (Å²) < 4.78 is 22.6. The van der Waals surface area contributed by atoms with Crippen LogP contribution in [0.1, 0.15) is 73.8 Å². The van der Waals surface area contributed by atoms with Gasteiger partial charge in [-0.2, -0.15) is 0 Å². The Labute approximate surface area is 286 Å². The molecule has 0 saturated heterocycles. The number of aryl methyl sites for hydroxylation is 1. The number of aliphatic hydroxyl groups excluding tert-OH is 2. The van der Waals surface area contributed by atoms with Crippen molar-refractivity contribution in [1.29, 1.82) is 0 Å². The van der Waals surface area contributed by atoms with E-state index in [1.54, 1.807) is 13.2 Å². The lowest BCUT2D eigenvalue weighted by molar-refractivity contribution is -0.139. The number of rotatable bonds is 22. The fourth-order valence-electron chi connectivity index (χ4n) is 6.17. The molecule has 1 aromatic carbocycles. The maximum absolute atomic E-state index is 11.8. The van der Waals surface area contributed by atoms with Gasteiger partial charge in [-0.1, -0.05) is 107 Å². The largest absolute Gasteiger partial charge is 0.490 e. The van der Waals surface area contributed by atoms with Crippen molar-refractivity contribution in [2.24, 2.45) is 17.8 Å². The molecule has 1 aromatic rings. The number of carbonyl (C=O) groups excluding carboxylic acids is 1. The van der Waals surface area contributed by atoms with Crippen LogP contribution in [0.5, 0.6) is 0 Å². The molecule has 8 heteroatoms. The Bertz CT molecular complexity index is 1150. The van der Waals surface area contributed by atoms with Crippen molar-refractivity contribution in [3.05, 3.63) is 83.2 Å². The van der Waals surface area contributed by atoms with Gasteiger partial charge in [0.2, 0.25) is 5.76 Å². The van der Waals surface area contributed by atoms with Crippen molar-refractivity contribution in [2.45, 2.75) is 117 Å². The predicted molar refractivity (Wildman–Crippen MR) is 196 cm³/mol. The Hall–Kier alpha value is -2.49. The van der Waals surface area contributed by atoms with Gasteiger partial charge in [0.25, 0.3) is 0 Å². The minimum atomic E-state index is -1.90. The number of benzene rings is 1. The van der Waals surface area contributed by atoms with Crippen molar-refractivity contribution in [3.63, 3.8) is 0 Å². The normalized spacial score (nSPS) is 17.9. The highest BCUT2D eigenvalue weighted by atomic mass is 28.4. The van der Waals surface area contributed by atoms with Gasteiger partial charge in [-0.05, 0) is 68.8 Å². The first-order valence-electron chi connectivity index (χ1n) is 17.3. The first-order chi connectivity index (χ1) is 22.3. The Morgan fingerprint density at radius 1 is 0.915 bits per heavy atom. The van der Waals surface area contributed by atoms with E-state index in [4.69, 9.17) is 18.6 Å². The Morgan fingerprint density at radius 3 is 2.06 bits per heavy atom. The number of hydrogen-bond donors (Lipinski definition) is 2.